The van der Waals surface area contributed by atoms with Gasteiger partial charge in [0, 0.05) is 5.92 Å². The van der Waals surface area contributed by atoms with E-state index in [0.29, 0.717) is 16.7 Å². The predicted octanol–water partition coefficient (Wildman–Crippen LogP) is 4.30. The Bertz CT molecular complexity index is 1190. The molecule has 0 bridgehead atoms. The summed E-state index contributed by atoms with van der Waals surface area (Å²) in [4.78, 5) is 30.8. The number of carbonyl (C=O) groups excluding carboxylic acids is 1. The number of benzene rings is 3. The Morgan fingerprint density at radius 3 is 1.93 bits per heavy atom. The Morgan fingerprint density at radius 2 is 1.37 bits per heavy atom. The third-order valence-corrected chi connectivity index (χ3v) is 5.07. The van der Waals surface area contributed by atoms with E-state index in [4.69, 9.17) is 4.98 Å². The van der Waals surface area contributed by atoms with E-state index >= 15 is 0 Å². The molecule has 0 aliphatic rings. The summed E-state index contributed by atoms with van der Waals surface area (Å²) < 4.78 is 1.31. The first-order valence-corrected chi connectivity index (χ1v) is 9.98. The number of hydrogen-bond acceptors (Lipinski definition) is 3. The van der Waals surface area contributed by atoms with Crippen molar-refractivity contribution in [1.82, 2.24) is 9.66 Å². The van der Waals surface area contributed by atoms with Gasteiger partial charge in [0.25, 0.3) is 5.56 Å². The fourth-order valence-electron chi connectivity index (χ4n) is 3.47. The third kappa shape index (κ3) is 3.74. The number of amides is 1. The van der Waals surface area contributed by atoms with Crippen LogP contribution in [0.4, 0.5) is 0 Å². The zero-order valence-corrected chi connectivity index (χ0v) is 16.9. The highest BCUT2D eigenvalue weighted by molar-refractivity contribution is 5.86. The molecular formula is C25H23N3O2. The maximum Gasteiger partial charge on any atom is 0.280 e. The maximum atomic E-state index is 13.4. The average Bonchev–Trinajstić information content (AvgIpc) is 2.78. The second-order valence-corrected chi connectivity index (χ2v) is 7.51. The molecule has 4 rings (SSSR count). The maximum absolute atomic E-state index is 13.4. The van der Waals surface area contributed by atoms with Crippen molar-refractivity contribution < 1.29 is 4.79 Å². The molecule has 30 heavy (non-hydrogen) atoms. The van der Waals surface area contributed by atoms with E-state index in [1.54, 1.807) is 26.0 Å². The summed E-state index contributed by atoms with van der Waals surface area (Å²) in [6.07, 6.45) is 0. The fraction of sp³-hybridized carbons (Fsp3) is 0.160. The molecule has 0 fully saturated rings. The predicted molar refractivity (Wildman–Crippen MR) is 119 cm³/mol. The van der Waals surface area contributed by atoms with Gasteiger partial charge in [0.1, 0.15) is 5.82 Å². The summed E-state index contributed by atoms with van der Waals surface area (Å²) in [5, 5.41) is 0.463. The number of hydrogen-bond donors (Lipinski definition) is 1. The van der Waals surface area contributed by atoms with Crippen LogP contribution in [0.2, 0.25) is 0 Å². The van der Waals surface area contributed by atoms with Crippen molar-refractivity contribution in [2.45, 2.75) is 19.8 Å². The first kappa shape index (κ1) is 19.6. The van der Waals surface area contributed by atoms with E-state index in [1.165, 1.54) is 4.68 Å². The highest BCUT2D eigenvalue weighted by atomic mass is 16.2. The lowest BCUT2D eigenvalue weighted by Crippen LogP contribution is -2.39. The van der Waals surface area contributed by atoms with Crippen LogP contribution >= 0.6 is 0 Å². The molecule has 5 nitrogen and oxygen atoms in total. The quantitative estimate of drug-likeness (QED) is 0.546. The van der Waals surface area contributed by atoms with Crippen LogP contribution in [0.3, 0.4) is 0 Å². The third-order valence-electron chi connectivity index (χ3n) is 5.07. The standard InChI is InChI=1S/C25H23N3O2/c1-17(2)24(29)27-28-23(26-21-16-10-9-15-20(21)25(28)30)22(18-11-5-3-6-12-18)19-13-7-4-8-14-19/h3-17,22H,1-2H3,(H,27,29). The molecule has 0 saturated carbocycles. The van der Waals surface area contributed by atoms with Crippen LogP contribution in [-0.4, -0.2) is 15.6 Å². The number of carbonyl (C=O) groups is 1. The van der Waals surface area contributed by atoms with Crippen LogP contribution in [0.25, 0.3) is 10.9 Å². The highest BCUT2D eigenvalue weighted by Gasteiger charge is 2.25. The van der Waals surface area contributed by atoms with Crippen LogP contribution < -0.4 is 11.0 Å². The number of nitrogens with zero attached hydrogens (tertiary/aromatic N) is 2. The SMILES string of the molecule is CC(C)C(=O)Nn1c(C(c2ccccc2)c2ccccc2)nc2ccccc2c1=O. The molecular weight excluding hydrogens is 374 g/mol. The van der Waals surface area contributed by atoms with Crippen LogP contribution in [0.1, 0.15) is 36.7 Å². The topological polar surface area (TPSA) is 64.0 Å². The van der Waals surface area contributed by atoms with Crippen molar-refractivity contribution in [3.8, 4) is 0 Å². The molecule has 0 aliphatic heterocycles. The smallest absolute Gasteiger partial charge is 0.273 e. The zero-order chi connectivity index (χ0) is 21.1. The number of para-hydroxylation sites is 1. The van der Waals surface area contributed by atoms with Crippen LogP contribution in [0, 0.1) is 5.92 Å². The van der Waals surface area contributed by atoms with Crippen LogP contribution in [0.5, 0.6) is 0 Å². The molecule has 1 aromatic heterocycles. The second kappa shape index (κ2) is 8.33. The summed E-state index contributed by atoms with van der Waals surface area (Å²) in [6, 6.07) is 27.0. The summed E-state index contributed by atoms with van der Waals surface area (Å²) in [5.41, 5.74) is 5.07. The summed E-state index contributed by atoms with van der Waals surface area (Å²) >= 11 is 0. The molecule has 1 heterocycles. The Balaban J connectivity index is 2.02. The molecule has 150 valence electrons. The van der Waals surface area contributed by atoms with Crippen molar-refractivity contribution in [2.24, 2.45) is 5.92 Å². The lowest BCUT2D eigenvalue weighted by atomic mass is 9.90. The molecule has 0 atom stereocenters. The highest BCUT2D eigenvalue weighted by Crippen LogP contribution is 2.30. The van der Waals surface area contributed by atoms with E-state index in [9.17, 15) is 9.59 Å². The molecule has 4 aromatic rings. The van der Waals surface area contributed by atoms with Gasteiger partial charge in [-0.2, -0.15) is 0 Å². The largest absolute Gasteiger partial charge is 0.280 e. The van der Waals surface area contributed by atoms with Gasteiger partial charge in [0.15, 0.2) is 0 Å². The molecule has 0 spiro atoms. The lowest BCUT2D eigenvalue weighted by molar-refractivity contribution is -0.119. The zero-order valence-electron chi connectivity index (χ0n) is 16.9. The van der Waals surface area contributed by atoms with E-state index < -0.39 is 0 Å². The van der Waals surface area contributed by atoms with Crippen molar-refractivity contribution in [3.05, 3.63) is 112 Å². The van der Waals surface area contributed by atoms with Crippen molar-refractivity contribution in [2.75, 3.05) is 5.43 Å². The van der Waals surface area contributed by atoms with Gasteiger partial charge in [-0.1, -0.05) is 86.6 Å². The monoisotopic (exact) mass is 397 g/mol. The Kier molecular flexibility index (Phi) is 5.44. The Labute approximate surface area is 175 Å². The van der Waals surface area contributed by atoms with Crippen molar-refractivity contribution in [3.63, 3.8) is 0 Å². The first-order chi connectivity index (χ1) is 14.6. The number of rotatable bonds is 5. The minimum absolute atomic E-state index is 0.240. The number of nitrogens with one attached hydrogen (secondary N) is 1. The lowest BCUT2D eigenvalue weighted by Gasteiger charge is -2.23. The minimum Gasteiger partial charge on any atom is -0.273 e. The van der Waals surface area contributed by atoms with E-state index in [0.717, 1.165) is 11.1 Å². The van der Waals surface area contributed by atoms with Crippen LogP contribution in [0.15, 0.2) is 89.7 Å². The minimum atomic E-state index is -0.322. The molecule has 3 aromatic carbocycles. The Morgan fingerprint density at radius 1 is 0.833 bits per heavy atom. The molecule has 1 N–H and O–H groups in total. The second-order valence-electron chi connectivity index (χ2n) is 7.51. The molecule has 0 aliphatic carbocycles. The molecule has 0 unspecified atom stereocenters. The van der Waals surface area contributed by atoms with Gasteiger partial charge in [-0.05, 0) is 23.3 Å². The van der Waals surface area contributed by atoms with Gasteiger partial charge in [0.05, 0.1) is 16.8 Å². The first-order valence-electron chi connectivity index (χ1n) is 9.98. The van der Waals surface area contributed by atoms with Gasteiger partial charge in [0.2, 0.25) is 5.91 Å². The van der Waals surface area contributed by atoms with E-state index in [1.807, 2.05) is 72.8 Å². The molecule has 0 radical (unpaired) electrons. The van der Waals surface area contributed by atoms with Gasteiger partial charge >= 0.3 is 0 Å². The normalized spacial score (nSPS) is 11.2. The van der Waals surface area contributed by atoms with Gasteiger partial charge in [-0.25, -0.2) is 9.66 Å². The number of aromatic nitrogens is 2. The summed E-state index contributed by atoms with van der Waals surface area (Å²) in [5.74, 6) is -0.360. The van der Waals surface area contributed by atoms with Crippen molar-refractivity contribution in [1.29, 1.82) is 0 Å². The Hall–Kier alpha value is -3.73. The van der Waals surface area contributed by atoms with E-state index in [-0.39, 0.29) is 23.3 Å². The van der Waals surface area contributed by atoms with Gasteiger partial charge in [-0.15, -0.1) is 0 Å². The molecule has 5 heteroatoms. The molecule has 1 amide bonds. The fourth-order valence-corrected chi connectivity index (χ4v) is 3.47. The van der Waals surface area contributed by atoms with Gasteiger partial charge < -0.3 is 0 Å². The van der Waals surface area contributed by atoms with Crippen LogP contribution in [-0.2, 0) is 4.79 Å². The summed E-state index contributed by atoms with van der Waals surface area (Å²) in [7, 11) is 0. The van der Waals surface area contributed by atoms with Crippen molar-refractivity contribution >= 4 is 16.8 Å². The average molecular weight is 397 g/mol. The number of fused-ring (bicyclic) bond motifs is 1. The van der Waals surface area contributed by atoms with Gasteiger partial charge in [-0.3, -0.25) is 15.0 Å². The molecule has 0 saturated heterocycles. The van der Waals surface area contributed by atoms with E-state index in [2.05, 4.69) is 5.43 Å². The summed E-state index contributed by atoms with van der Waals surface area (Å²) in [6.45, 7) is 3.58.